The third-order valence-corrected chi connectivity index (χ3v) is 5.67. The van der Waals surface area contributed by atoms with Crippen LogP contribution in [0.25, 0.3) is 22.6 Å². The Bertz CT molecular complexity index is 1290. The summed E-state index contributed by atoms with van der Waals surface area (Å²) in [6.45, 7) is 4.47. The molecule has 2 heterocycles. The molecule has 1 amide bonds. The average Bonchev–Trinajstić information content (AvgIpc) is 3.60. The van der Waals surface area contributed by atoms with E-state index in [9.17, 15) is 4.79 Å². The number of nitrogens with zero attached hydrogens (tertiary/aromatic N) is 4. The van der Waals surface area contributed by atoms with Gasteiger partial charge in [-0.05, 0) is 43.1 Å². The summed E-state index contributed by atoms with van der Waals surface area (Å²) < 4.78 is 7.69. The van der Waals surface area contributed by atoms with E-state index >= 15 is 0 Å². The SMILES string of the molecule is CCC(C#N)NC(=O)c1cccc(-c2cc(-c3cccc(CNCCCn4ccnc4)c3)on2)c1. The Balaban J connectivity index is 1.38. The van der Waals surface area contributed by atoms with Crippen LogP contribution in [0.15, 0.2) is 77.8 Å². The van der Waals surface area contributed by atoms with E-state index in [2.05, 4.69) is 43.5 Å². The van der Waals surface area contributed by atoms with Crippen molar-refractivity contribution in [2.24, 2.45) is 0 Å². The van der Waals surface area contributed by atoms with E-state index in [1.54, 1.807) is 24.4 Å². The Morgan fingerprint density at radius 1 is 1.17 bits per heavy atom. The van der Waals surface area contributed by atoms with Gasteiger partial charge in [0.1, 0.15) is 11.7 Å². The van der Waals surface area contributed by atoms with Crippen molar-refractivity contribution in [1.82, 2.24) is 25.3 Å². The van der Waals surface area contributed by atoms with Gasteiger partial charge in [-0.1, -0.05) is 42.4 Å². The molecule has 2 aromatic carbocycles. The maximum Gasteiger partial charge on any atom is 0.252 e. The molecule has 4 rings (SSSR count). The van der Waals surface area contributed by atoms with Crippen LogP contribution in [0.5, 0.6) is 0 Å². The molecule has 0 radical (unpaired) electrons. The highest BCUT2D eigenvalue weighted by atomic mass is 16.5. The van der Waals surface area contributed by atoms with Crippen LogP contribution < -0.4 is 10.6 Å². The molecular weight excluding hydrogens is 440 g/mol. The van der Waals surface area contributed by atoms with Crippen LogP contribution in [0.3, 0.4) is 0 Å². The number of hydrogen-bond acceptors (Lipinski definition) is 6. The average molecular weight is 469 g/mol. The topological polar surface area (TPSA) is 109 Å². The highest BCUT2D eigenvalue weighted by molar-refractivity contribution is 5.95. The van der Waals surface area contributed by atoms with E-state index in [1.165, 1.54) is 0 Å². The zero-order valence-corrected chi connectivity index (χ0v) is 19.6. The summed E-state index contributed by atoms with van der Waals surface area (Å²) in [6, 6.07) is 18.8. The Kier molecular flexibility index (Phi) is 8.04. The number of carbonyl (C=O) groups excluding carboxylic acids is 1. The van der Waals surface area contributed by atoms with Gasteiger partial charge in [0.25, 0.3) is 5.91 Å². The molecule has 4 aromatic rings. The Hall–Kier alpha value is -4.22. The second-order valence-electron chi connectivity index (χ2n) is 8.25. The summed E-state index contributed by atoms with van der Waals surface area (Å²) in [5, 5.41) is 19.5. The van der Waals surface area contributed by atoms with Gasteiger partial charge in [-0.15, -0.1) is 0 Å². The molecule has 0 aliphatic carbocycles. The van der Waals surface area contributed by atoms with E-state index in [4.69, 9.17) is 9.78 Å². The van der Waals surface area contributed by atoms with Crippen LogP contribution in [0.1, 0.15) is 35.7 Å². The predicted molar refractivity (Wildman–Crippen MR) is 133 cm³/mol. The van der Waals surface area contributed by atoms with E-state index in [-0.39, 0.29) is 5.91 Å². The van der Waals surface area contributed by atoms with E-state index in [0.717, 1.165) is 42.7 Å². The number of aromatic nitrogens is 3. The maximum atomic E-state index is 12.5. The van der Waals surface area contributed by atoms with Crippen LogP contribution >= 0.6 is 0 Å². The Morgan fingerprint density at radius 2 is 2.03 bits per heavy atom. The van der Waals surface area contributed by atoms with E-state index in [0.29, 0.717) is 23.4 Å². The molecular formula is C27H28N6O2. The number of hydrogen-bond donors (Lipinski definition) is 2. The van der Waals surface area contributed by atoms with Crippen LogP contribution in [0.4, 0.5) is 0 Å². The first-order valence-electron chi connectivity index (χ1n) is 11.7. The van der Waals surface area contributed by atoms with Crippen LogP contribution in [-0.2, 0) is 13.1 Å². The number of rotatable bonds is 11. The summed E-state index contributed by atoms with van der Waals surface area (Å²) in [6.07, 6.45) is 7.16. The smallest absolute Gasteiger partial charge is 0.252 e. The first kappa shape index (κ1) is 23.9. The molecule has 2 N–H and O–H groups in total. The fourth-order valence-corrected chi connectivity index (χ4v) is 3.71. The molecule has 2 aromatic heterocycles. The van der Waals surface area contributed by atoms with Crippen molar-refractivity contribution in [3.8, 4) is 28.7 Å². The summed E-state index contributed by atoms with van der Waals surface area (Å²) in [5.41, 5.74) is 3.99. The normalized spacial score (nSPS) is 11.7. The molecule has 35 heavy (non-hydrogen) atoms. The van der Waals surface area contributed by atoms with Crippen molar-refractivity contribution in [3.63, 3.8) is 0 Å². The lowest BCUT2D eigenvalue weighted by molar-refractivity contribution is 0.0944. The Morgan fingerprint density at radius 3 is 2.83 bits per heavy atom. The summed E-state index contributed by atoms with van der Waals surface area (Å²) in [4.78, 5) is 16.5. The molecule has 0 saturated carbocycles. The highest BCUT2D eigenvalue weighted by Crippen LogP contribution is 2.27. The predicted octanol–water partition coefficient (Wildman–Crippen LogP) is 4.42. The minimum atomic E-state index is -0.511. The summed E-state index contributed by atoms with van der Waals surface area (Å²) >= 11 is 0. The van der Waals surface area contributed by atoms with Gasteiger partial charge in [0.2, 0.25) is 0 Å². The number of benzene rings is 2. The lowest BCUT2D eigenvalue weighted by atomic mass is 10.0. The number of carbonyl (C=O) groups is 1. The Labute approximate surface area is 204 Å². The van der Waals surface area contributed by atoms with Gasteiger partial charge < -0.3 is 19.7 Å². The second kappa shape index (κ2) is 11.8. The van der Waals surface area contributed by atoms with Gasteiger partial charge in [0.05, 0.1) is 12.4 Å². The number of aryl methyl sites for hydroxylation is 1. The molecule has 0 spiro atoms. The standard InChI is InChI=1S/C27H28N6O2/c1-2-24(17-28)31-27(34)23-9-4-7-21(15-23)25-16-26(35-32-25)22-8-3-6-20(14-22)18-29-10-5-12-33-13-11-30-19-33/h3-4,6-9,11,13-16,19,24,29H,2,5,10,12,18H2,1H3,(H,31,34). The van der Waals surface area contributed by atoms with E-state index < -0.39 is 6.04 Å². The monoisotopic (exact) mass is 468 g/mol. The molecule has 0 bridgehead atoms. The van der Waals surface area contributed by atoms with Crippen molar-refractivity contribution < 1.29 is 9.32 Å². The fourth-order valence-electron chi connectivity index (χ4n) is 3.71. The van der Waals surface area contributed by atoms with Gasteiger partial charge in [0, 0.05) is 48.2 Å². The fraction of sp³-hybridized carbons (Fsp3) is 0.259. The lowest BCUT2D eigenvalue weighted by Gasteiger charge is -2.09. The van der Waals surface area contributed by atoms with Crippen molar-refractivity contribution in [2.75, 3.05) is 6.54 Å². The molecule has 8 heteroatoms. The number of imidazole rings is 1. The van der Waals surface area contributed by atoms with Crippen molar-refractivity contribution in [3.05, 3.63) is 84.4 Å². The van der Waals surface area contributed by atoms with Crippen LogP contribution in [0, 0.1) is 11.3 Å². The molecule has 8 nitrogen and oxygen atoms in total. The largest absolute Gasteiger partial charge is 0.356 e. The van der Waals surface area contributed by atoms with Crippen LogP contribution in [-0.4, -0.2) is 33.2 Å². The van der Waals surface area contributed by atoms with Crippen molar-refractivity contribution >= 4 is 5.91 Å². The van der Waals surface area contributed by atoms with Gasteiger partial charge in [-0.25, -0.2) is 4.98 Å². The van der Waals surface area contributed by atoms with Gasteiger partial charge in [-0.3, -0.25) is 4.79 Å². The maximum absolute atomic E-state index is 12.5. The molecule has 0 saturated heterocycles. The number of amides is 1. The highest BCUT2D eigenvalue weighted by Gasteiger charge is 2.14. The third kappa shape index (κ3) is 6.43. The van der Waals surface area contributed by atoms with Crippen molar-refractivity contribution in [1.29, 1.82) is 5.26 Å². The van der Waals surface area contributed by atoms with Gasteiger partial charge >= 0.3 is 0 Å². The van der Waals surface area contributed by atoms with Crippen LogP contribution in [0.2, 0.25) is 0 Å². The number of nitrogens with one attached hydrogen (secondary N) is 2. The summed E-state index contributed by atoms with van der Waals surface area (Å²) in [7, 11) is 0. The summed E-state index contributed by atoms with van der Waals surface area (Å²) in [5.74, 6) is 0.376. The first-order valence-corrected chi connectivity index (χ1v) is 11.7. The lowest BCUT2D eigenvalue weighted by Crippen LogP contribution is -2.33. The van der Waals surface area contributed by atoms with E-state index in [1.807, 2.05) is 43.7 Å². The number of nitriles is 1. The minimum Gasteiger partial charge on any atom is -0.356 e. The quantitative estimate of drug-likeness (QED) is 0.316. The van der Waals surface area contributed by atoms with Gasteiger partial charge in [-0.2, -0.15) is 5.26 Å². The minimum absolute atomic E-state index is 0.283. The van der Waals surface area contributed by atoms with Gasteiger partial charge in [0.15, 0.2) is 5.76 Å². The van der Waals surface area contributed by atoms with Crippen molar-refractivity contribution in [2.45, 2.75) is 38.9 Å². The zero-order valence-electron chi connectivity index (χ0n) is 19.6. The second-order valence-corrected chi connectivity index (χ2v) is 8.25. The molecule has 1 unspecified atom stereocenters. The zero-order chi connectivity index (χ0) is 24.5. The first-order chi connectivity index (χ1) is 17.2. The molecule has 0 aliphatic rings. The molecule has 0 aliphatic heterocycles. The molecule has 178 valence electrons. The molecule has 1 atom stereocenters. The third-order valence-electron chi connectivity index (χ3n) is 5.67. The molecule has 0 fully saturated rings.